The van der Waals surface area contributed by atoms with E-state index in [1.54, 1.807) is 0 Å². The molecule has 1 heterocycles. The number of ether oxygens (including phenoxy) is 1. The molecule has 2 aliphatic rings. The van der Waals surface area contributed by atoms with Gasteiger partial charge in [0.25, 0.3) is 0 Å². The van der Waals surface area contributed by atoms with Gasteiger partial charge in [0.1, 0.15) is 6.10 Å². The van der Waals surface area contributed by atoms with E-state index in [-0.39, 0.29) is 11.9 Å². The Hall–Kier alpha value is -0.700. The first-order chi connectivity index (χ1) is 4.29. The maximum atomic E-state index is 8.99. The van der Waals surface area contributed by atoms with Crippen molar-refractivity contribution in [3.63, 3.8) is 0 Å². The number of aliphatic hydroxyl groups excluding tert-OH is 2. The van der Waals surface area contributed by atoms with Crippen LogP contribution < -0.4 is 0 Å². The molecular formula is C6H8O3. The Labute approximate surface area is 52.6 Å². The van der Waals surface area contributed by atoms with E-state index in [0.29, 0.717) is 12.2 Å². The van der Waals surface area contributed by atoms with Crippen molar-refractivity contribution in [2.24, 2.45) is 0 Å². The van der Waals surface area contributed by atoms with Gasteiger partial charge in [-0.2, -0.15) is 0 Å². The molecule has 0 saturated carbocycles. The summed E-state index contributed by atoms with van der Waals surface area (Å²) in [6.07, 6.45) is 0.938. The zero-order valence-corrected chi connectivity index (χ0v) is 4.87. The van der Waals surface area contributed by atoms with E-state index in [4.69, 9.17) is 14.9 Å². The van der Waals surface area contributed by atoms with Crippen LogP contribution in [0.3, 0.4) is 0 Å². The molecule has 0 unspecified atom stereocenters. The van der Waals surface area contributed by atoms with Gasteiger partial charge in [-0.1, -0.05) is 0 Å². The largest absolute Gasteiger partial charge is 0.506 e. The van der Waals surface area contributed by atoms with Crippen LogP contribution in [0.25, 0.3) is 0 Å². The summed E-state index contributed by atoms with van der Waals surface area (Å²) in [5.41, 5.74) is 0. The SMILES string of the molecule is OC1=C2O[C@@H]2CC[C@H]1O. The quantitative estimate of drug-likeness (QED) is 0.461. The van der Waals surface area contributed by atoms with Gasteiger partial charge in [0.15, 0.2) is 17.6 Å². The third kappa shape index (κ3) is 0.612. The van der Waals surface area contributed by atoms with Crippen LogP contribution in [0, 0.1) is 0 Å². The number of rotatable bonds is 0. The van der Waals surface area contributed by atoms with Crippen molar-refractivity contribution < 1.29 is 14.9 Å². The number of hydrogen-bond donors (Lipinski definition) is 2. The van der Waals surface area contributed by atoms with Crippen LogP contribution in [0.5, 0.6) is 0 Å². The molecule has 3 heteroatoms. The second-order valence-corrected chi connectivity index (χ2v) is 2.45. The van der Waals surface area contributed by atoms with E-state index in [2.05, 4.69) is 0 Å². The topological polar surface area (TPSA) is 53.0 Å². The lowest BCUT2D eigenvalue weighted by Gasteiger charge is -2.08. The summed E-state index contributed by atoms with van der Waals surface area (Å²) in [5, 5.41) is 18.0. The van der Waals surface area contributed by atoms with Gasteiger partial charge in [-0.25, -0.2) is 0 Å². The van der Waals surface area contributed by atoms with Crippen molar-refractivity contribution in [2.45, 2.75) is 25.0 Å². The molecule has 1 aliphatic heterocycles. The van der Waals surface area contributed by atoms with Crippen molar-refractivity contribution in [1.29, 1.82) is 0 Å². The summed E-state index contributed by atoms with van der Waals surface area (Å²) >= 11 is 0. The Balaban J connectivity index is 2.27. The first-order valence-corrected chi connectivity index (χ1v) is 3.07. The fraction of sp³-hybridized carbons (Fsp3) is 0.667. The Morgan fingerprint density at radius 3 is 2.89 bits per heavy atom. The van der Waals surface area contributed by atoms with Gasteiger partial charge in [0, 0.05) is 0 Å². The molecule has 0 amide bonds. The summed E-state index contributed by atoms with van der Waals surface area (Å²) in [5.74, 6) is 0.653. The minimum absolute atomic E-state index is 0.0475. The third-order valence-corrected chi connectivity index (χ3v) is 1.77. The van der Waals surface area contributed by atoms with Crippen molar-refractivity contribution in [3.05, 3.63) is 11.5 Å². The average molecular weight is 128 g/mol. The average Bonchev–Trinajstić information content (AvgIpc) is 2.58. The number of aliphatic hydroxyl groups is 2. The fourth-order valence-electron chi connectivity index (χ4n) is 1.14. The third-order valence-electron chi connectivity index (χ3n) is 1.77. The molecule has 50 valence electrons. The molecule has 0 aromatic heterocycles. The molecule has 0 aromatic rings. The molecule has 2 atom stereocenters. The van der Waals surface area contributed by atoms with Crippen molar-refractivity contribution in [3.8, 4) is 0 Å². The Morgan fingerprint density at radius 1 is 1.44 bits per heavy atom. The molecule has 0 aromatic carbocycles. The standard InChI is InChI=1S/C6H8O3/c7-3-1-2-4-6(9-4)5(3)8/h3-4,7-8H,1-2H2/t3-,4-/m1/s1. The maximum Gasteiger partial charge on any atom is 0.178 e. The molecule has 1 saturated heterocycles. The Morgan fingerprint density at radius 2 is 2.22 bits per heavy atom. The van der Waals surface area contributed by atoms with Crippen molar-refractivity contribution in [2.75, 3.05) is 0 Å². The van der Waals surface area contributed by atoms with Crippen LogP contribution in [-0.4, -0.2) is 22.4 Å². The van der Waals surface area contributed by atoms with Gasteiger partial charge in [-0.15, -0.1) is 0 Å². The van der Waals surface area contributed by atoms with Crippen LogP contribution in [0.4, 0.5) is 0 Å². The monoisotopic (exact) mass is 128 g/mol. The fourth-order valence-corrected chi connectivity index (χ4v) is 1.14. The van der Waals surface area contributed by atoms with Gasteiger partial charge < -0.3 is 14.9 Å². The first-order valence-electron chi connectivity index (χ1n) is 3.07. The Bertz CT molecular complexity index is 173. The highest BCUT2D eigenvalue weighted by Crippen LogP contribution is 2.39. The molecule has 1 fully saturated rings. The van der Waals surface area contributed by atoms with Gasteiger partial charge in [0.2, 0.25) is 0 Å². The van der Waals surface area contributed by atoms with Gasteiger partial charge in [0.05, 0.1) is 0 Å². The van der Waals surface area contributed by atoms with Crippen LogP contribution in [0.2, 0.25) is 0 Å². The summed E-state index contributed by atoms with van der Waals surface area (Å²) in [7, 11) is 0. The zero-order valence-electron chi connectivity index (χ0n) is 4.87. The summed E-state index contributed by atoms with van der Waals surface area (Å²) < 4.78 is 4.93. The van der Waals surface area contributed by atoms with Gasteiger partial charge in [-0.3, -0.25) is 0 Å². The zero-order chi connectivity index (χ0) is 6.43. The van der Waals surface area contributed by atoms with Crippen LogP contribution in [0.15, 0.2) is 11.5 Å². The van der Waals surface area contributed by atoms with E-state index in [0.717, 1.165) is 6.42 Å². The molecule has 3 nitrogen and oxygen atoms in total. The highest BCUT2D eigenvalue weighted by Gasteiger charge is 2.42. The smallest absolute Gasteiger partial charge is 0.178 e. The lowest BCUT2D eigenvalue weighted by molar-refractivity contribution is 0.136. The van der Waals surface area contributed by atoms with Crippen LogP contribution >= 0.6 is 0 Å². The predicted octanol–water partition coefficient (Wildman–Crippen LogP) is 0.309. The van der Waals surface area contributed by atoms with E-state index < -0.39 is 6.10 Å². The second kappa shape index (κ2) is 1.42. The summed E-state index contributed by atoms with van der Waals surface area (Å²) in [4.78, 5) is 0. The highest BCUT2D eigenvalue weighted by molar-refractivity contribution is 5.23. The molecule has 2 N–H and O–H groups in total. The highest BCUT2D eigenvalue weighted by atomic mass is 16.6. The number of hydrogen-bond acceptors (Lipinski definition) is 3. The molecule has 0 bridgehead atoms. The minimum atomic E-state index is -0.668. The number of fused-ring (bicyclic) bond motifs is 1. The lowest BCUT2D eigenvalue weighted by Crippen LogP contribution is -2.14. The van der Waals surface area contributed by atoms with Crippen LogP contribution in [0.1, 0.15) is 12.8 Å². The van der Waals surface area contributed by atoms with E-state index in [1.807, 2.05) is 0 Å². The normalized spacial score (nSPS) is 39.7. The maximum absolute atomic E-state index is 8.99. The molecular weight excluding hydrogens is 120 g/mol. The van der Waals surface area contributed by atoms with Crippen molar-refractivity contribution >= 4 is 0 Å². The Kier molecular flexibility index (Phi) is 0.805. The van der Waals surface area contributed by atoms with E-state index in [9.17, 15) is 0 Å². The van der Waals surface area contributed by atoms with E-state index in [1.165, 1.54) is 0 Å². The summed E-state index contributed by atoms with van der Waals surface area (Å²) in [6, 6.07) is 0. The molecule has 0 spiro atoms. The second-order valence-electron chi connectivity index (χ2n) is 2.45. The summed E-state index contributed by atoms with van der Waals surface area (Å²) in [6.45, 7) is 0. The van der Waals surface area contributed by atoms with Gasteiger partial charge in [-0.05, 0) is 12.8 Å². The molecule has 0 radical (unpaired) electrons. The van der Waals surface area contributed by atoms with Gasteiger partial charge >= 0.3 is 0 Å². The molecule has 1 aliphatic carbocycles. The molecule has 9 heavy (non-hydrogen) atoms. The van der Waals surface area contributed by atoms with Crippen LogP contribution in [-0.2, 0) is 4.74 Å². The predicted molar refractivity (Wildman–Crippen MR) is 29.8 cm³/mol. The molecule has 2 rings (SSSR count). The lowest BCUT2D eigenvalue weighted by atomic mass is 10.0. The minimum Gasteiger partial charge on any atom is -0.506 e. The first kappa shape index (κ1) is 5.11. The number of epoxide rings is 1. The van der Waals surface area contributed by atoms with E-state index >= 15 is 0 Å². The van der Waals surface area contributed by atoms with Crippen molar-refractivity contribution in [1.82, 2.24) is 0 Å².